The average Bonchev–Trinajstić information content (AvgIpc) is 1.69. The van der Waals surface area contributed by atoms with Crippen LogP contribution in [0.1, 0.15) is 112 Å². The molecule has 0 aliphatic carbocycles. The van der Waals surface area contributed by atoms with E-state index >= 15 is 52.7 Å². The molecule has 47 heteroatoms. The second-order valence-electron chi connectivity index (χ2n) is 32.3. The number of hydrogen-bond acceptors (Lipinski definition) is 18. The van der Waals surface area contributed by atoms with E-state index in [1.807, 2.05) is 0 Å². The maximum atomic E-state index is 16.2. The number of benzene rings is 4. The predicted octanol–water partition coefficient (Wildman–Crippen LogP) is -3.93. The molecular formula is C86H124N36O11. The smallest absolute Gasteiger partial charge is 0.243 e. The fourth-order valence-corrected chi connectivity index (χ4v) is 15.5. The standard InChI is InChI=1S/C86H124N36O11/c87-80(88)101-31-9-24-58-69(123)113-60(26-11-33-103-82(91)92)71(125)115-62(28-13-35-105-84(95)96)73(127)117-64(30-15-37-107-86(99)100)75(129)119-66(39-47-43-109-55-21-6-2-17-51(47)55)77(131)121-68(41-49-45-111-57-23-8-4-19-53(49)57)79(133)122-67(40-48-44-110-56-22-7-3-18-52(48)56)78(132)120-65(38-46-42-108-54-20-5-1-16-50(46)54)76(130)118-63(29-14-36-106-85(97)98)74(128)116-61(27-12-34-104-83(93)94)72(126)114-59(70(124)112-58)25-10-32-102-81(89)90/h1-8,16-23,42-45,58-68,108-111H,9-15,24-41H2,(H,112,124)(H,113,123)(H,114,126)(H,115,125)(H,116,128)(H,117,127)(H,118,130)(H,119,129)(H,120,132)(H,121,131)(H,122,133)(H4,87,88,101)(H4,89,90,102)(H4,91,92,103)(H4,93,94,104)(H4,95,96,105)(H4,97,98,106)(H4,99,100,107)/t58-,59-,60-,61-,62-,63-,64-,65-,66-,67-,68-/m0/s1. The third-order valence-corrected chi connectivity index (χ3v) is 22.3. The van der Waals surface area contributed by atoms with E-state index in [1.54, 1.807) is 122 Å². The summed E-state index contributed by atoms with van der Waals surface area (Å²) < 4.78 is 0. The molecule has 8 aromatic rings. The van der Waals surface area contributed by atoms with Crippen molar-refractivity contribution in [3.05, 3.63) is 144 Å². The molecule has 1 aliphatic heterocycles. The van der Waals surface area contributed by atoms with Gasteiger partial charge >= 0.3 is 0 Å². The highest BCUT2D eigenvalue weighted by atomic mass is 16.2. The van der Waals surface area contributed by atoms with E-state index in [1.165, 1.54) is 0 Å². The fraction of sp³-hybridized carbons (Fsp3) is 0.419. The van der Waals surface area contributed by atoms with Crippen LogP contribution in [0.2, 0.25) is 0 Å². The topological polar surface area (TPSA) is 817 Å². The number of rotatable bonds is 36. The maximum absolute atomic E-state index is 16.2. The van der Waals surface area contributed by atoms with Crippen LogP contribution >= 0.6 is 0 Å². The normalized spacial score (nSPS) is 20.3. The molecule has 0 spiro atoms. The quantitative estimate of drug-likeness (QED) is 0.0101. The van der Waals surface area contributed by atoms with Crippen LogP contribution in [-0.2, 0) is 78.4 Å². The van der Waals surface area contributed by atoms with Gasteiger partial charge in [-0.15, -0.1) is 0 Å². The number of hydrogen-bond donors (Lipinski definition) is 36. The fourth-order valence-electron chi connectivity index (χ4n) is 15.5. The van der Waals surface area contributed by atoms with Crippen LogP contribution in [0.5, 0.6) is 0 Å². The molecule has 4 aromatic heterocycles. The molecule has 1 aliphatic rings. The van der Waals surface area contributed by atoms with Crippen molar-refractivity contribution in [3.63, 3.8) is 0 Å². The van der Waals surface area contributed by atoms with Crippen molar-refractivity contribution in [2.75, 3.05) is 45.8 Å². The Bertz CT molecular complexity index is 5240. The Labute approximate surface area is 765 Å². The number of H-pyrrole nitrogens is 4. The minimum absolute atomic E-state index is 0.000172. The highest BCUT2D eigenvalue weighted by Gasteiger charge is 2.39. The molecule has 47 nitrogen and oxygen atoms in total. The van der Waals surface area contributed by atoms with Gasteiger partial charge in [0.15, 0.2) is 41.7 Å². The number of para-hydroxylation sites is 4. The summed E-state index contributed by atoms with van der Waals surface area (Å²) in [4.78, 5) is 185. The molecule has 5 heterocycles. The lowest BCUT2D eigenvalue weighted by Gasteiger charge is -2.29. The molecule has 714 valence electrons. The van der Waals surface area contributed by atoms with Gasteiger partial charge in [-0.05, 0) is 136 Å². The second kappa shape index (κ2) is 50.7. The van der Waals surface area contributed by atoms with Crippen LogP contribution in [0.15, 0.2) is 122 Å². The Balaban J connectivity index is 1.22. The number of carbonyl (C=O) groups is 11. The molecule has 9 rings (SSSR count). The van der Waals surface area contributed by atoms with Crippen LogP contribution in [-0.4, -0.2) is 239 Å². The summed E-state index contributed by atoms with van der Waals surface area (Å²) in [6, 6.07) is 10.7. The van der Waals surface area contributed by atoms with Crippen LogP contribution in [0.25, 0.3) is 43.6 Å². The third-order valence-electron chi connectivity index (χ3n) is 22.3. The summed E-state index contributed by atoms with van der Waals surface area (Å²) in [6.07, 6.45) is 3.73. The van der Waals surface area contributed by atoms with Gasteiger partial charge in [0.25, 0.3) is 0 Å². The maximum Gasteiger partial charge on any atom is 0.243 e. The molecular weight excluding hydrogens is 1710 g/mol. The van der Waals surface area contributed by atoms with E-state index < -0.39 is 173 Å². The van der Waals surface area contributed by atoms with Gasteiger partial charge in [-0.1, -0.05) is 72.8 Å². The van der Waals surface area contributed by atoms with Gasteiger partial charge in [0.2, 0.25) is 65.0 Å². The lowest BCUT2D eigenvalue weighted by Crippen LogP contribution is -2.61. The van der Waals surface area contributed by atoms with Gasteiger partial charge in [0, 0.05) is 140 Å². The molecule has 133 heavy (non-hydrogen) atoms. The highest BCUT2D eigenvalue weighted by molar-refractivity contribution is 6.02. The number of nitrogens with one attached hydrogen (secondary N) is 29. The van der Waals surface area contributed by atoms with Crippen molar-refractivity contribution in [2.45, 2.75) is 182 Å². The second-order valence-corrected chi connectivity index (χ2v) is 32.3. The van der Waals surface area contributed by atoms with Crippen molar-refractivity contribution in [3.8, 4) is 0 Å². The number of nitrogens with two attached hydrogens (primary N) is 7. The van der Waals surface area contributed by atoms with Gasteiger partial charge in [-0.3, -0.25) is 90.6 Å². The van der Waals surface area contributed by atoms with Crippen molar-refractivity contribution in [1.29, 1.82) is 37.9 Å². The molecule has 0 bridgehead atoms. The Morgan fingerprint density at radius 3 is 0.504 bits per heavy atom. The average molecular weight is 1840 g/mol. The first-order valence-corrected chi connectivity index (χ1v) is 43.9. The molecule has 4 aromatic carbocycles. The highest BCUT2D eigenvalue weighted by Crippen LogP contribution is 2.26. The summed E-state index contributed by atoms with van der Waals surface area (Å²) in [5.41, 5.74) is 44.5. The summed E-state index contributed by atoms with van der Waals surface area (Å²) in [5, 5.41) is 107. The molecule has 1 fully saturated rings. The molecule has 0 unspecified atom stereocenters. The van der Waals surface area contributed by atoms with Gasteiger partial charge in [0.1, 0.15) is 66.5 Å². The molecule has 0 radical (unpaired) electrons. The van der Waals surface area contributed by atoms with Crippen LogP contribution < -0.4 is 136 Å². The SMILES string of the molecule is N=C(N)NCCC[C@@H]1NC(=O)[C@H](CCCNC(=N)N)NC(=O)[C@H](CCCNC(=N)N)NC(=O)[C@H](CCCNC(=N)N)NC(=O)[C@H](Cc2c[nH]c3ccccc23)NC(=O)[C@H](Cc2c[nH]c3ccccc23)NC(=O)[C@H](Cc2c[nH]c3ccccc23)NC(=O)[C@H](Cc2c[nH]c3ccccc23)NC(=O)[C@H](CCCNC(=N)N)NC(=O)[C@H](CCCNC(=N)N)NC(=O)[C@H](CCCNC(=N)N)NC1=O. The predicted molar refractivity (Wildman–Crippen MR) is 503 cm³/mol. The zero-order valence-corrected chi connectivity index (χ0v) is 73.6. The first-order valence-electron chi connectivity index (χ1n) is 43.9. The van der Waals surface area contributed by atoms with Crippen molar-refractivity contribution >= 4 is 150 Å². The minimum Gasteiger partial charge on any atom is -0.370 e. The van der Waals surface area contributed by atoms with E-state index in [0.717, 1.165) is 0 Å². The molecule has 0 saturated carbocycles. The first kappa shape index (κ1) is 101. The molecule has 11 amide bonds. The Kier molecular flexibility index (Phi) is 38.5. The monoisotopic (exact) mass is 1840 g/mol. The third kappa shape index (κ3) is 32.1. The van der Waals surface area contributed by atoms with Gasteiger partial charge in [-0.25, -0.2) is 0 Å². The number of amides is 11. The van der Waals surface area contributed by atoms with Crippen LogP contribution in [0, 0.1) is 37.9 Å². The largest absolute Gasteiger partial charge is 0.370 e. The number of aromatic nitrogens is 4. The van der Waals surface area contributed by atoms with E-state index in [-0.39, 0.29) is 161 Å². The zero-order chi connectivity index (χ0) is 96.0. The molecule has 1 saturated heterocycles. The Hall–Kier alpha value is -15.9. The number of guanidine groups is 7. The summed E-state index contributed by atoms with van der Waals surface area (Å²) in [5.74, 6) is -13.8. The van der Waals surface area contributed by atoms with Crippen LogP contribution in [0.3, 0.4) is 0 Å². The number of carbonyl (C=O) groups excluding carboxylic acids is 11. The van der Waals surface area contributed by atoms with Crippen molar-refractivity contribution in [1.82, 2.24) is 116 Å². The molecule has 43 N–H and O–H groups in total. The minimum atomic E-state index is -1.64. The van der Waals surface area contributed by atoms with Crippen LogP contribution in [0.4, 0.5) is 0 Å². The zero-order valence-electron chi connectivity index (χ0n) is 73.6. The van der Waals surface area contributed by atoms with E-state index in [0.29, 0.717) is 65.9 Å². The van der Waals surface area contributed by atoms with Gasteiger partial charge in [-0.2, -0.15) is 0 Å². The van der Waals surface area contributed by atoms with Crippen molar-refractivity contribution < 1.29 is 52.7 Å². The summed E-state index contributed by atoms with van der Waals surface area (Å²) in [6.45, 7) is -0.258. The van der Waals surface area contributed by atoms with E-state index in [9.17, 15) is 0 Å². The molecule has 11 atom stereocenters. The summed E-state index contributed by atoms with van der Waals surface area (Å²) >= 11 is 0. The van der Waals surface area contributed by atoms with Gasteiger partial charge in [0.05, 0.1) is 0 Å². The summed E-state index contributed by atoms with van der Waals surface area (Å²) in [7, 11) is 0. The number of aromatic amines is 4. The van der Waals surface area contributed by atoms with Crippen molar-refractivity contribution in [2.24, 2.45) is 40.1 Å². The first-order chi connectivity index (χ1) is 63.8. The number of fused-ring (bicyclic) bond motifs is 4. The van der Waals surface area contributed by atoms with Gasteiger partial charge < -0.3 is 156 Å². The van der Waals surface area contributed by atoms with E-state index in [2.05, 4.69) is 116 Å². The van der Waals surface area contributed by atoms with E-state index in [4.69, 9.17) is 78.0 Å². The Morgan fingerprint density at radius 2 is 0.353 bits per heavy atom. The lowest BCUT2D eigenvalue weighted by atomic mass is 9.99. The lowest BCUT2D eigenvalue weighted by molar-refractivity contribution is -0.136. The Morgan fingerprint density at radius 1 is 0.218 bits per heavy atom.